The molecule has 0 spiro atoms. The van der Waals surface area contributed by atoms with Gasteiger partial charge in [0.2, 0.25) is 0 Å². The number of rotatable bonds is 5. The van der Waals surface area contributed by atoms with E-state index in [4.69, 9.17) is 0 Å². The van der Waals surface area contributed by atoms with Crippen molar-refractivity contribution in [3.63, 3.8) is 0 Å². The van der Waals surface area contributed by atoms with Crippen LogP contribution in [0.1, 0.15) is 20.3 Å². The van der Waals surface area contributed by atoms with Crippen LogP contribution in [-0.2, 0) is 0 Å². The summed E-state index contributed by atoms with van der Waals surface area (Å²) in [5.74, 6) is 0. The van der Waals surface area contributed by atoms with E-state index >= 15 is 0 Å². The molecule has 0 bridgehead atoms. The molecule has 0 saturated heterocycles. The van der Waals surface area contributed by atoms with Crippen molar-refractivity contribution in [2.75, 3.05) is 26.7 Å². The van der Waals surface area contributed by atoms with Crippen molar-refractivity contribution in [1.82, 2.24) is 20.4 Å². The van der Waals surface area contributed by atoms with Crippen molar-refractivity contribution in [3.8, 4) is 0 Å². The number of urea groups is 2. The molecule has 1 heterocycles. The minimum atomic E-state index is -0.288. The summed E-state index contributed by atoms with van der Waals surface area (Å²) in [5, 5.41) is 5.51. The van der Waals surface area contributed by atoms with Crippen molar-refractivity contribution >= 4 is 18.3 Å². The number of carbonyl (C=O) groups is 2. The van der Waals surface area contributed by atoms with Crippen LogP contribution in [0.3, 0.4) is 0 Å². The van der Waals surface area contributed by atoms with Gasteiger partial charge in [0.05, 0.1) is 0 Å². The SMILES string of the molecule is C=C1/C=C\C=NC(C)NC(=O)N1CCCN(C)C(=O)NCC. The molecule has 122 valence electrons. The zero-order valence-corrected chi connectivity index (χ0v) is 13.5. The Bertz CT molecular complexity index is 473. The predicted molar refractivity (Wildman–Crippen MR) is 87.8 cm³/mol. The van der Waals surface area contributed by atoms with Crippen LogP contribution in [0.2, 0.25) is 0 Å². The lowest BCUT2D eigenvalue weighted by Gasteiger charge is -2.25. The third kappa shape index (κ3) is 5.59. The predicted octanol–water partition coefficient (Wildman–Crippen LogP) is 1.55. The van der Waals surface area contributed by atoms with Gasteiger partial charge in [0.1, 0.15) is 6.17 Å². The molecule has 1 rings (SSSR count). The lowest BCUT2D eigenvalue weighted by molar-refractivity contribution is 0.200. The highest BCUT2D eigenvalue weighted by Crippen LogP contribution is 2.08. The largest absolute Gasteiger partial charge is 0.338 e. The van der Waals surface area contributed by atoms with Crippen LogP contribution in [0.25, 0.3) is 0 Å². The molecule has 7 heteroatoms. The van der Waals surface area contributed by atoms with Crippen LogP contribution >= 0.6 is 0 Å². The van der Waals surface area contributed by atoms with E-state index < -0.39 is 0 Å². The summed E-state index contributed by atoms with van der Waals surface area (Å²) in [6, 6.07) is -0.348. The van der Waals surface area contributed by atoms with E-state index in [-0.39, 0.29) is 18.2 Å². The number of carbonyl (C=O) groups excluding carboxylic acids is 2. The van der Waals surface area contributed by atoms with Gasteiger partial charge in [0.15, 0.2) is 0 Å². The van der Waals surface area contributed by atoms with Crippen molar-refractivity contribution < 1.29 is 9.59 Å². The lowest BCUT2D eigenvalue weighted by atomic mass is 10.3. The molecule has 1 atom stereocenters. The highest BCUT2D eigenvalue weighted by Gasteiger charge is 2.18. The van der Waals surface area contributed by atoms with Gasteiger partial charge < -0.3 is 15.5 Å². The fourth-order valence-corrected chi connectivity index (χ4v) is 1.95. The molecule has 0 aromatic rings. The van der Waals surface area contributed by atoms with Gasteiger partial charge in [-0.25, -0.2) is 9.59 Å². The van der Waals surface area contributed by atoms with Crippen LogP contribution in [0.4, 0.5) is 9.59 Å². The first-order chi connectivity index (χ1) is 10.5. The van der Waals surface area contributed by atoms with Crippen LogP contribution in [0.15, 0.2) is 29.4 Å². The van der Waals surface area contributed by atoms with Gasteiger partial charge in [-0.05, 0) is 32.4 Å². The van der Waals surface area contributed by atoms with E-state index in [1.54, 1.807) is 42.1 Å². The highest BCUT2D eigenvalue weighted by atomic mass is 16.2. The maximum Gasteiger partial charge on any atom is 0.323 e. The Morgan fingerprint density at radius 2 is 2.32 bits per heavy atom. The lowest BCUT2D eigenvalue weighted by Crippen LogP contribution is -2.43. The van der Waals surface area contributed by atoms with E-state index in [1.807, 2.05) is 6.92 Å². The van der Waals surface area contributed by atoms with E-state index in [9.17, 15) is 9.59 Å². The fraction of sp³-hybridized carbons (Fsp3) is 0.533. The molecule has 22 heavy (non-hydrogen) atoms. The summed E-state index contributed by atoms with van der Waals surface area (Å²) in [7, 11) is 1.73. The van der Waals surface area contributed by atoms with Gasteiger partial charge in [0, 0.05) is 38.6 Å². The fourth-order valence-electron chi connectivity index (χ4n) is 1.95. The average molecular weight is 307 g/mol. The molecule has 0 aromatic carbocycles. The number of hydrogen-bond donors (Lipinski definition) is 2. The molecule has 7 nitrogen and oxygen atoms in total. The minimum Gasteiger partial charge on any atom is -0.338 e. The zero-order valence-electron chi connectivity index (χ0n) is 13.5. The third-order valence-corrected chi connectivity index (χ3v) is 3.16. The van der Waals surface area contributed by atoms with Gasteiger partial charge in [-0.1, -0.05) is 6.58 Å². The number of allylic oxidation sites excluding steroid dienone is 2. The molecule has 0 aliphatic carbocycles. The summed E-state index contributed by atoms with van der Waals surface area (Å²) in [6.07, 6.45) is 5.51. The Morgan fingerprint density at radius 1 is 1.59 bits per heavy atom. The quantitative estimate of drug-likeness (QED) is 0.808. The van der Waals surface area contributed by atoms with Crippen molar-refractivity contribution in [2.24, 2.45) is 4.99 Å². The first-order valence-electron chi connectivity index (χ1n) is 7.41. The van der Waals surface area contributed by atoms with Crippen LogP contribution in [0, 0.1) is 0 Å². The van der Waals surface area contributed by atoms with Crippen LogP contribution < -0.4 is 10.6 Å². The standard InChI is InChI=1S/C15H25N5O2/c1-5-16-14(21)19(4)10-7-11-20-12(2)8-6-9-17-13(3)18-15(20)22/h6,8-9,13H,2,5,7,10-11H2,1,3-4H3,(H,16,21)(H,18,22)/b8-6-,17-9?. The second kappa shape index (κ2) is 8.86. The van der Waals surface area contributed by atoms with E-state index in [0.717, 1.165) is 0 Å². The Hall–Kier alpha value is -2.31. The molecule has 4 amide bonds. The number of nitrogens with zero attached hydrogens (tertiary/aromatic N) is 3. The van der Waals surface area contributed by atoms with Crippen LogP contribution in [-0.4, -0.2) is 60.9 Å². The number of hydrogen-bond acceptors (Lipinski definition) is 3. The maximum atomic E-state index is 12.2. The second-order valence-electron chi connectivity index (χ2n) is 5.04. The minimum absolute atomic E-state index is 0.114. The average Bonchev–Trinajstić information content (AvgIpc) is 2.52. The van der Waals surface area contributed by atoms with Gasteiger partial charge in [0.25, 0.3) is 0 Å². The van der Waals surface area contributed by atoms with Gasteiger partial charge in [-0.2, -0.15) is 0 Å². The third-order valence-electron chi connectivity index (χ3n) is 3.16. The molecular weight excluding hydrogens is 282 g/mol. The first-order valence-corrected chi connectivity index (χ1v) is 7.41. The number of aliphatic imine (C=N–C) groups is 1. The molecule has 0 saturated carbocycles. The molecular formula is C15H25N5O2. The molecule has 1 unspecified atom stereocenters. The summed E-state index contributed by atoms with van der Waals surface area (Å²) in [4.78, 5) is 31.1. The van der Waals surface area contributed by atoms with Crippen LogP contribution in [0.5, 0.6) is 0 Å². The molecule has 1 aliphatic heterocycles. The van der Waals surface area contributed by atoms with E-state index in [1.165, 1.54) is 0 Å². The molecule has 0 radical (unpaired) electrons. The van der Waals surface area contributed by atoms with Crippen molar-refractivity contribution in [2.45, 2.75) is 26.4 Å². The summed E-state index contributed by atoms with van der Waals surface area (Å²) >= 11 is 0. The second-order valence-corrected chi connectivity index (χ2v) is 5.04. The van der Waals surface area contributed by atoms with Crippen molar-refractivity contribution in [3.05, 3.63) is 24.4 Å². The number of amides is 4. The molecule has 2 N–H and O–H groups in total. The van der Waals surface area contributed by atoms with Gasteiger partial charge >= 0.3 is 12.1 Å². The van der Waals surface area contributed by atoms with Gasteiger partial charge in [-0.15, -0.1) is 0 Å². The summed E-state index contributed by atoms with van der Waals surface area (Å²) in [6.45, 7) is 9.20. The molecule has 1 aliphatic rings. The van der Waals surface area contributed by atoms with E-state index in [2.05, 4.69) is 22.2 Å². The normalized spacial score (nSPS) is 19.8. The number of nitrogens with one attached hydrogen (secondary N) is 2. The summed E-state index contributed by atoms with van der Waals surface area (Å²) in [5.41, 5.74) is 0.596. The monoisotopic (exact) mass is 307 g/mol. The Balaban J connectivity index is 2.56. The molecule has 0 aromatic heterocycles. The van der Waals surface area contributed by atoms with Crippen molar-refractivity contribution in [1.29, 1.82) is 0 Å². The Morgan fingerprint density at radius 3 is 3.00 bits per heavy atom. The zero-order chi connectivity index (χ0) is 16.5. The maximum absolute atomic E-state index is 12.2. The Labute approximate surface area is 131 Å². The smallest absolute Gasteiger partial charge is 0.323 e. The highest BCUT2D eigenvalue weighted by molar-refractivity contribution is 5.79. The first kappa shape index (κ1) is 17.7. The molecule has 0 fully saturated rings. The topological polar surface area (TPSA) is 77.0 Å². The van der Waals surface area contributed by atoms with Gasteiger partial charge in [-0.3, -0.25) is 9.89 Å². The Kier molecular flexibility index (Phi) is 7.15. The van der Waals surface area contributed by atoms with E-state index in [0.29, 0.717) is 31.8 Å². The summed E-state index contributed by atoms with van der Waals surface area (Å²) < 4.78 is 0.